The van der Waals surface area contributed by atoms with Crippen molar-refractivity contribution in [3.05, 3.63) is 41.1 Å². The van der Waals surface area contributed by atoms with E-state index in [1.54, 1.807) is 0 Å². The third-order valence-corrected chi connectivity index (χ3v) is 5.31. The first kappa shape index (κ1) is 19.3. The van der Waals surface area contributed by atoms with Crippen molar-refractivity contribution in [1.29, 1.82) is 0 Å². The maximum Gasteiger partial charge on any atom is 0.339 e. The van der Waals surface area contributed by atoms with Crippen LogP contribution in [0.25, 0.3) is 10.9 Å². The van der Waals surface area contributed by atoms with Crippen LogP contribution in [-0.2, 0) is 16.0 Å². The Labute approximate surface area is 160 Å². The van der Waals surface area contributed by atoms with Gasteiger partial charge in [-0.05, 0) is 37.8 Å². The zero-order valence-electron chi connectivity index (χ0n) is 16.3. The fourth-order valence-electron chi connectivity index (χ4n) is 3.75. The zero-order chi connectivity index (χ0) is 19.2. The Kier molecular flexibility index (Phi) is 6.43. The summed E-state index contributed by atoms with van der Waals surface area (Å²) in [6.45, 7) is 5.23. The van der Waals surface area contributed by atoms with E-state index in [1.807, 2.05) is 43.0 Å². The van der Waals surface area contributed by atoms with Crippen LogP contribution in [0.1, 0.15) is 60.6 Å². The molecule has 0 saturated carbocycles. The van der Waals surface area contributed by atoms with Crippen molar-refractivity contribution in [2.24, 2.45) is 0 Å². The highest BCUT2D eigenvalue weighted by atomic mass is 16.5. The van der Waals surface area contributed by atoms with Crippen LogP contribution in [0.15, 0.2) is 24.3 Å². The number of esters is 1. The maximum atomic E-state index is 12.8. The highest BCUT2D eigenvalue weighted by molar-refractivity contribution is 6.05. The number of ether oxygens (including phenoxy) is 1. The number of fused-ring (bicyclic) bond motifs is 1. The van der Waals surface area contributed by atoms with Gasteiger partial charge in [0, 0.05) is 24.2 Å². The minimum Gasteiger partial charge on any atom is -0.452 e. The summed E-state index contributed by atoms with van der Waals surface area (Å²) < 4.78 is 5.45. The summed E-state index contributed by atoms with van der Waals surface area (Å²) in [5.41, 5.74) is 3.02. The number of hydrogen-bond acceptors (Lipinski definition) is 4. The molecule has 3 rings (SSSR count). The van der Waals surface area contributed by atoms with E-state index in [9.17, 15) is 9.59 Å². The Morgan fingerprint density at radius 2 is 1.74 bits per heavy atom. The van der Waals surface area contributed by atoms with Gasteiger partial charge >= 0.3 is 5.97 Å². The molecule has 5 heteroatoms. The molecule has 0 aliphatic carbocycles. The van der Waals surface area contributed by atoms with Gasteiger partial charge in [0.15, 0.2) is 6.61 Å². The van der Waals surface area contributed by atoms with Gasteiger partial charge in [0.05, 0.1) is 11.1 Å². The second-order valence-corrected chi connectivity index (χ2v) is 7.15. The first-order valence-corrected chi connectivity index (χ1v) is 9.95. The summed E-state index contributed by atoms with van der Waals surface area (Å²) in [6, 6.07) is 7.57. The lowest BCUT2D eigenvalue weighted by Crippen LogP contribution is -2.37. The van der Waals surface area contributed by atoms with Crippen LogP contribution in [0.3, 0.4) is 0 Å². The first-order valence-electron chi connectivity index (χ1n) is 9.95. The Morgan fingerprint density at radius 3 is 2.44 bits per heavy atom. The maximum absolute atomic E-state index is 12.8. The Balaban J connectivity index is 1.76. The summed E-state index contributed by atoms with van der Waals surface area (Å²) in [6.07, 6.45) is 6.34. The van der Waals surface area contributed by atoms with E-state index in [4.69, 9.17) is 4.74 Å². The largest absolute Gasteiger partial charge is 0.452 e. The number of hydrogen-bond donors (Lipinski definition) is 0. The average Bonchev–Trinajstić information content (AvgIpc) is 2.65. The van der Waals surface area contributed by atoms with Crippen LogP contribution >= 0.6 is 0 Å². The predicted molar refractivity (Wildman–Crippen MR) is 106 cm³/mol. The topological polar surface area (TPSA) is 59.5 Å². The number of benzene rings is 1. The number of carbonyl (C=O) groups is 2. The van der Waals surface area contributed by atoms with Crippen LogP contribution in [-0.4, -0.2) is 41.5 Å². The molecule has 5 nitrogen and oxygen atoms in total. The van der Waals surface area contributed by atoms with E-state index < -0.39 is 5.97 Å². The van der Waals surface area contributed by atoms with Gasteiger partial charge in [0.1, 0.15) is 0 Å². The van der Waals surface area contributed by atoms with Gasteiger partial charge in [-0.2, -0.15) is 0 Å². The molecule has 1 aromatic heterocycles. The van der Waals surface area contributed by atoms with Crippen molar-refractivity contribution in [1.82, 2.24) is 9.88 Å². The number of aromatic nitrogens is 1. The molecule has 0 N–H and O–H groups in total. The number of likely N-dealkylation sites (tertiary alicyclic amines) is 1. The summed E-state index contributed by atoms with van der Waals surface area (Å²) in [4.78, 5) is 31.8. The van der Waals surface area contributed by atoms with E-state index in [0.717, 1.165) is 67.4 Å². The third kappa shape index (κ3) is 4.46. The van der Waals surface area contributed by atoms with E-state index in [1.165, 1.54) is 6.42 Å². The molecule has 2 aromatic rings. The molecule has 1 aliphatic rings. The van der Waals surface area contributed by atoms with Gasteiger partial charge < -0.3 is 9.64 Å². The van der Waals surface area contributed by atoms with Gasteiger partial charge in [-0.15, -0.1) is 0 Å². The molecule has 27 heavy (non-hydrogen) atoms. The summed E-state index contributed by atoms with van der Waals surface area (Å²) in [5, 5.41) is 0.774. The monoisotopic (exact) mass is 368 g/mol. The number of amides is 1. The predicted octanol–water partition coefficient (Wildman–Crippen LogP) is 4.06. The molecular formula is C22H28N2O3. The highest BCUT2D eigenvalue weighted by Gasteiger charge is 2.21. The van der Waals surface area contributed by atoms with E-state index in [-0.39, 0.29) is 12.5 Å². The summed E-state index contributed by atoms with van der Waals surface area (Å²) in [7, 11) is 0. The lowest BCUT2D eigenvalue weighted by atomic mass is 10.0. The molecule has 1 fully saturated rings. The minimum atomic E-state index is -0.443. The number of carbonyl (C=O) groups excluding carboxylic acids is 2. The van der Waals surface area contributed by atoms with Crippen molar-refractivity contribution in [3.8, 4) is 0 Å². The summed E-state index contributed by atoms with van der Waals surface area (Å²) in [5.74, 6) is -0.543. The fourth-order valence-corrected chi connectivity index (χ4v) is 3.75. The van der Waals surface area contributed by atoms with Crippen LogP contribution < -0.4 is 0 Å². The van der Waals surface area contributed by atoms with E-state index in [2.05, 4.69) is 4.98 Å². The van der Waals surface area contributed by atoms with Crippen molar-refractivity contribution in [2.45, 2.75) is 52.4 Å². The number of aryl methyl sites for hydroxylation is 1. The van der Waals surface area contributed by atoms with E-state index >= 15 is 0 Å². The van der Waals surface area contributed by atoms with Gasteiger partial charge in [0.2, 0.25) is 0 Å². The molecule has 1 aliphatic heterocycles. The molecule has 144 valence electrons. The number of para-hydroxylation sites is 1. The van der Waals surface area contributed by atoms with Gasteiger partial charge in [0.25, 0.3) is 5.91 Å². The van der Waals surface area contributed by atoms with Crippen molar-refractivity contribution < 1.29 is 14.3 Å². The zero-order valence-corrected chi connectivity index (χ0v) is 16.3. The Bertz CT molecular complexity index is 824. The van der Waals surface area contributed by atoms with Crippen LogP contribution in [0.5, 0.6) is 0 Å². The first-order chi connectivity index (χ1) is 13.1. The SMILES string of the molecule is CCc1nc2ccccc2c(C(=O)OCC(=O)N2CCCCCCC2)c1C. The standard InChI is InChI=1S/C22H28N2O3/c1-3-18-16(2)21(17-11-7-8-12-19(17)23-18)22(26)27-15-20(25)24-13-9-5-4-6-10-14-24/h7-8,11-12H,3-6,9-10,13-15H2,1-2H3. The van der Waals surface area contributed by atoms with Crippen LogP contribution in [0.2, 0.25) is 0 Å². The molecule has 0 unspecified atom stereocenters. The quantitative estimate of drug-likeness (QED) is 0.764. The molecule has 1 saturated heterocycles. The molecule has 1 aromatic carbocycles. The Hall–Kier alpha value is -2.43. The van der Waals surface area contributed by atoms with Gasteiger partial charge in [-0.1, -0.05) is 44.4 Å². The van der Waals surface area contributed by atoms with Gasteiger partial charge in [-0.3, -0.25) is 9.78 Å². The van der Waals surface area contributed by atoms with Crippen molar-refractivity contribution in [3.63, 3.8) is 0 Å². The molecule has 1 amide bonds. The number of pyridine rings is 1. The molecule has 0 spiro atoms. The Morgan fingerprint density at radius 1 is 1.07 bits per heavy atom. The minimum absolute atomic E-state index is 0.100. The third-order valence-electron chi connectivity index (χ3n) is 5.31. The van der Waals surface area contributed by atoms with Crippen LogP contribution in [0, 0.1) is 6.92 Å². The smallest absolute Gasteiger partial charge is 0.339 e. The second kappa shape index (κ2) is 8.98. The number of rotatable bonds is 4. The normalized spacial score (nSPS) is 15.3. The van der Waals surface area contributed by atoms with Crippen LogP contribution in [0.4, 0.5) is 0 Å². The fraction of sp³-hybridized carbons (Fsp3) is 0.500. The van der Waals surface area contributed by atoms with E-state index in [0.29, 0.717) is 5.56 Å². The molecule has 0 atom stereocenters. The lowest BCUT2D eigenvalue weighted by Gasteiger charge is -2.24. The number of nitrogens with zero attached hydrogens (tertiary/aromatic N) is 2. The lowest BCUT2D eigenvalue weighted by molar-refractivity contribution is -0.134. The average molecular weight is 368 g/mol. The molecular weight excluding hydrogens is 340 g/mol. The van der Waals surface area contributed by atoms with Crippen molar-refractivity contribution in [2.75, 3.05) is 19.7 Å². The molecule has 0 radical (unpaired) electrons. The van der Waals surface area contributed by atoms with Gasteiger partial charge in [-0.25, -0.2) is 4.79 Å². The highest BCUT2D eigenvalue weighted by Crippen LogP contribution is 2.24. The van der Waals surface area contributed by atoms with Crippen molar-refractivity contribution >= 4 is 22.8 Å². The molecule has 2 heterocycles. The molecule has 0 bridgehead atoms. The summed E-state index contributed by atoms with van der Waals surface area (Å²) >= 11 is 0. The second-order valence-electron chi connectivity index (χ2n) is 7.15.